The van der Waals surface area contributed by atoms with Crippen LogP contribution in [0.5, 0.6) is 5.75 Å². The zero-order chi connectivity index (χ0) is 26.5. The van der Waals surface area contributed by atoms with E-state index in [1.807, 2.05) is 47.4 Å². The summed E-state index contributed by atoms with van der Waals surface area (Å²) in [6.07, 6.45) is 4.69. The van der Waals surface area contributed by atoms with Gasteiger partial charge >= 0.3 is 0 Å². The Balaban J connectivity index is 1.29. The molecule has 5 rings (SSSR count). The molecule has 1 aliphatic rings. The van der Waals surface area contributed by atoms with E-state index in [-0.39, 0.29) is 18.4 Å². The summed E-state index contributed by atoms with van der Waals surface area (Å²) in [4.78, 5) is 30.8. The number of ether oxygens (including phenoxy) is 2. The molecule has 3 heterocycles. The number of hydrogen-bond acceptors (Lipinski definition) is 7. The average molecular weight is 513 g/mol. The number of aromatic nitrogens is 1. The minimum atomic E-state index is -0.262. The summed E-state index contributed by atoms with van der Waals surface area (Å²) in [7, 11) is 1.59. The second-order valence-corrected chi connectivity index (χ2v) is 8.86. The summed E-state index contributed by atoms with van der Waals surface area (Å²) < 4.78 is 16.9. The Bertz CT molecular complexity index is 1470. The van der Waals surface area contributed by atoms with Gasteiger partial charge < -0.3 is 29.8 Å². The smallest absolute Gasteiger partial charge is 0.254 e. The number of furan rings is 1. The number of nitrogen functional groups attached to an aromatic ring is 1. The van der Waals surface area contributed by atoms with Crippen LogP contribution >= 0.6 is 0 Å². The second-order valence-electron chi connectivity index (χ2n) is 8.86. The average Bonchev–Trinajstić information content (AvgIpc) is 3.38. The highest BCUT2D eigenvalue weighted by molar-refractivity contribution is 5.95. The van der Waals surface area contributed by atoms with Crippen molar-refractivity contribution in [3.63, 3.8) is 0 Å². The van der Waals surface area contributed by atoms with Crippen LogP contribution in [0.4, 0.5) is 5.82 Å². The molecule has 0 bridgehead atoms. The van der Waals surface area contributed by atoms with Gasteiger partial charge in [0.25, 0.3) is 5.91 Å². The largest absolute Gasteiger partial charge is 0.493 e. The topological polar surface area (TPSA) is 120 Å². The number of hydrogen-bond donors (Lipinski definition) is 2. The number of benzene rings is 2. The summed E-state index contributed by atoms with van der Waals surface area (Å²) in [5, 5.41) is 3.67. The van der Waals surface area contributed by atoms with Crippen molar-refractivity contribution < 1.29 is 23.5 Å². The van der Waals surface area contributed by atoms with Gasteiger partial charge in [0.2, 0.25) is 5.91 Å². The lowest BCUT2D eigenvalue weighted by molar-refractivity contribution is -0.116. The van der Waals surface area contributed by atoms with Crippen molar-refractivity contribution in [1.82, 2.24) is 15.2 Å². The second kappa shape index (κ2) is 11.2. The quantitative estimate of drug-likeness (QED) is 0.361. The number of rotatable bonds is 7. The zero-order valence-corrected chi connectivity index (χ0v) is 21.0. The summed E-state index contributed by atoms with van der Waals surface area (Å²) in [5.41, 5.74) is 9.47. The number of pyridine rings is 1. The van der Waals surface area contributed by atoms with Crippen LogP contribution in [-0.4, -0.2) is 55.1 Å². The SMILES string of the molecule is COc1cc(-c2ccc(C(=O)N3CCOCC3)cc2)cc2cc(CNC(=O)/C=C/c3ccc(N)nc3)oc12. The molecule has 1 saturated heterocycles. The maximum Gasteiger partial charge on any atom is 0.254 e. The number of methoxy groups -OCH3 is 1. The Morgan fingerprint density at radius 2 is 1.87 bits per heavy atom. The molecule has 194 valence electrons. The van der Waals surface area contributed by atoms with Crippen LogP contribution in [0.1, 0.15) is 21.7 Å². The predicted octanol–water partition coefficient (Wildman–Crippen LogP) is 3.89. The normalized spacial score (nSPS) is 13.7. The van der Waals surface area contributed by atoms with Gasteiger partial charge in [0, 0.05) is 36.3 Å². The fourth-order valence-corrected chi connectivity index (χ4v) is 4.25. The fourth-order valence-electron chi connectivity index (χ4n) is 4.25. The van der Waals surface area contributed by atoms with Crippen LogP contribution < -0.4 is 15.8 Å². The molecule has 1 aliphatic heterocycles. The molecule has 2 aromatic heterocycles. The third kappa shape index (κ3) is 5.68. The molecular formula is C29H28N4O5. The van der Waals surface area contributed by atoms with Crippen LogP contribution in [0.3, 0.4) is 0 Å². The molecule has 9 nitrogen and oxygen atoms in total. The van der Waals surface area contributed by atoms with Gasteiger partial charge in [0.15, 0.2) is 11.3 Å². The molecule has 38 heavy (non-hydrogen) atoms. The number of nitrogens with two attached hydrogens (primary N) is 1. The van der Waals surface area contributed by atoms with Crippen molar-refractivity contribution in [3.05, 3.63) is 83.8 Å². The van der Waals surface area contributed by atoms with E-state index in [2.05, 4.69) is 10.3 Å². The van der Waals surface area contributed by atoms with E-state index >= 15 is 0 Å². The first-order chi connectivity index (χ1) is 18.5. The molecule has 0 atom stereocenters. The van der Waals surface area contributed by atoms with Crippen LogP contribution in [0.15, 0.2) is 71.3 Å². The van der Waals surface area contributed by atoms with E-state index in [1.165, 1.54) is 6.08 Å². The lowest BCUT2D eigenvalue weighted by Gasteiger charge is -2.26. The van der Waals surface area contributed by atoms with Crippen molar-refractivity contribution >= 4 is 34.7 Å². The van der Waals surface area contributed by atoms with E-state index < -0.39 is 0 Å². The van der Waals surface area contributed by atoms with Crippen LogP contribution in [0.2, 0.25) is 0 Å². The number of carbonyl (C=O) groups is 2. The molecule has 2 aromatic carbocycles. The molecule has 0 aliphatic carbocycles. The molecule has 0 saturated carbocycles. The van der Waals surface area contributed by atoms with E-state index in [4.69, 9.17) is 19.6 Å². The van der Waals surface area contributed by atoms with Gasteiger partial charge in [-0.25, -0.2) is 4.98 Å². The van der Waals surface area contributed by atoms with Gasteiger partial charge in [-0.05, 0) is 65.2 Å². The van der Waals surface area contributed by atoms with E-state index in [9.17, 15) is 9.59 Å². The van der Waals surface area contributed by atoms with Crippen LogP contribution in [0, 0.1) is 0 Å². The lowest BCUT2D eigenvalue weighted by Crippen LogP contribution is -2.40. The molecule has 3 N–H and O–H groups in total. The Hall–Kier alpha value is -4.63. The van der Waals surface area contributed by atoms with E-state index in [1.54, 1.807) is 31.5 Å². The van der Waals surface area contributed by atoms with Crippen molar-refractivity contribution in [3.8, 4) is 16.9 Å². The minimum absolute atomic E-state index is 0.00869. The molecule has 4 aromatic rings. The number of nitrogens with one attached hydrogen (secondary N) is 1. The Kier molecular flexibility index (Phi) is 7.37. The lowest BCUT2D eigenvalue weighted by atomic mass is 10.0. The number of morpholine rings is 1. The van der Waals surface area contributed by atoms with Gasteiger partial charge in [-0.2, -0.15) is 0 Å². The van der Waals surface area contributed by atoms with Crippen LogP contribution in [0.25, 0.3) is 28.2 Å². The summed E-state index contributed by atoms with van der Waals surface area (Å²) in [6.45, 7) is 2.56. The summed E-state index contributed by atoms with van der Waals surface area (Å²) >= 11 is 0. The van der Waals surface area contributed by atoms with Gasteiger partial charge in [-0.3, -0.25) is 9.59 Å². The molecule has 9 heteroatoms. The molecule has 2 amide bonds. The molecular weight excluding hydrogens is 484 g/mol. The molecule has 1 fully saturated rings. The Morgan fingerprint density at radius 1 is 1.08 bits per heavy atom. The standard InChI is InChI=1S/C29H28N4O5/c1-36-25-16-22(20-4-6-21(7-5-20)29(35)33-10-12-37-13-11-33)14-23-15-24(38-28(23)25)18-32-27(34)9-3-19-2-8-26(30)31-17-19/h2-9,14-17H,10-13,18H2,1H3,(H2,30,31)(H,32,34)/b9-3+. The van der Waals surface area contributed by atoms with Crippen molar-refractivity contribution in [2.24, 2.45) is 0 Å². The third-order valence-electron chi connectivity index (χ3n) is 6.29. The Morgan fingerprint density at radius 3 is 2.58 bits per heavy atom. The highest BCUT2D eigenvalue weighted by atomic mass is 16.5. The fraction of sp³-hybridized carbons (Fsp3) is 0.207. The number of carbonyl (C=O) groups excluding carboxylic acids is 2. The first-order valence-electron chi connectivity index (χ1n) is 12.3. The van der Waals surface area contributed by atoms with Gasteiger partial charge in [-0.1, -0.05) is 12.1 Å². The first kappa shape index (κ1) is 25.0. The highest BCUT2D eigenvalue weighted by Crippen LogP contribution is 2.34. The summed E-state index contributed by atoms with van der Waals surface area (Å²) in [6, 6.07) is 16.8. The molecule has 0 unspecified atom stereocenters. The Labute approximate surface area is 219 Å². The first-order valence-corrected chi connectivity index (χ1v) is 12.3. The van der Waals surface area contributed by atoms with Gasteiger partial charge in [-0.15, -0.1) is 0 Å². The van der Waals surface area contributed by atoms with E-state index in [0.717, 1.165) is 22.1 Å². The minimum Gasteiger partial charge on any atom is -0.493 e. The summed E-state index contributed by atoms with van der Waals surface area (Å²) in [5.74, 6) is 1.35. The van der Waals surface area contributed by atoms with Gasteiger partial charge in [0.05, 0.1) is 26.9 Å². The third-order valence-corrected chi connectivity index (χ3v) is 6.29. The number of amides is 2. The number of fused-ring (bicyclic) bond motifs is 1. The van der Waals surface area contributed by atoms with Crippen molar-refractivity contribution in [2.45, 2.75) is 6.54 Å². The van der Waals surface area contributed by atoms with E-state index in [0.29, 0.717) is 54.8 Å². The maximum atomic E-state index is 12.8. The zero-order valence-electron chi connectivity index (χ0n) is 21.0. The van der Waals surface area contributed by atoms with Crippen molar-refractivity contribution in [1.29, 1.82) is 0 Å². The van der Waals surface area contributed by atoms with Crippen LogP contribution in [-0.2, 0) is 16.1 Å². The number of anilines is 1. The van der Waals surface area contributed by atoms with Gasteiger partial charge in [0.1, 0.15) is 11.6 Å². The molecule has 0 radical (unpaired) electrons. The molecule has 0 spiro atoms. The van der Waals surface area contributed by atoms with Crippen molar-refractivity contribution in [2.75, 3.05) is 39.1 Å². The predicted molar refractivity (Wildman–Crippen MR) is 144 cm³/mol. The highest BCUT2D eigenvalue weighted by Gasteiger charge is 2.19. The monoisotopic (exact) mass is 512 g/mol. The maximum absolute atomic E-state index is 12.8. The number of nitrogens with zero attached hydrogens (tertiary/aromatic N) is 2.